The fourth-order valence-corrected chi connectivity index (χ4v) is 8.32. The smallest absolute Gasteiger partial charge is 0.744 e. The van der Waals surface area contributed by atoms with Gasteiger partial charge in [0.15, 0.2) is 0 Å². The van der Waals surface area contributed by atoms with Crippen molar-refractivity contribution >= 4 is 106 Å². The molecule has 6 aromatic rings. The zero-order valence-electron chi connectivity index (χ0n) is 34.7. The molecule has 0 radical (unpaired) electrons. The summed E-state index contributed by atoms with van der Waals surface area (Å²) in [6.07, 6.45) is -0.947. The van der Waals surface area contributed by atoms with Crippen LogP contribution in [0.15, 0.2) is 113 Å². The first-order valence-corrected chi connectivity index (χ1v) is 21.3. The second-order valence-electron chi connectivity index (χ2n) is 12.5. The number of benzene rings is 5. The molecule has 0 saturated carbocycles. The Bertz CT molecular complexity index is 2950. The summed E-state index contributed by atoms with van der Waals surface area (Å²) in [5.41, 5.74) is 1.78. The van der Waals surface area contributed by atoms with Crippen molar-refractivity contribution in [2.75, 3.05) is 36.5 Å². The molecule has 1 N–H and O–H groups in total. The van der Waals surface area contributed by atoms with Gasteiger partial charge in [0.1, 0.15) is 20.2 Å². The quantitative estimate of drug-likeness (QED) is 0.0250. The van der Waals surface area contributed by atoms with Gasteiger partial charge in [0, 0.05) is 50.1 Å². The van der Waals surface area contributed by atoms with E-state index in [4.69, 9.17) is 4.74 Å². The zero-order chi connectivity index (χ0) is 43.3. The Hall–Kier alpha value is -1.40. The number of nitrogens with one attached hydrogen (secondary N) is 1. The summed E-state index contributed by atoms with van der Waals surface area (Å²) >= 11 is 0.734. The molecule has 1 fully saturated rings. The SMILES string of the molecule is C.Cc1cc(Nc2nc(F)nc(N3CCOCC3)n2)ccc1N=Nc1ccc(N=Nc2cc(S(=O)(=O)[O-])c3cc(SOO[O-])cc(S(=O)(=O)[O-])c3c2)c2cc(SOO[O-])ccc12.[Na+].[Na+].[Na+].[Na+]. The Morgan fingerprint density at radius 1 is 0.682 bits per heavy atom. The number of hydrogen-bond acceptors (Lipinski definition) is 24. The number of azo groups is 2. The van der Waals surface area contributed by atoms with Crippen molar-refractivity contribution in [3.8, 4) is 0 Å². The number of aromatic nitrogens is 3. The molecular weight excluding hydrogens is 994 g/mol. The minimum atomic E-state index is -5.34. The van der Waals surface area contributed by atoms with Crippen molar-refractivity contribution in [2.45, 2.75) is 33.9 Å². The second kappa shape index (κ2) is 27.3. The van der Waals surface area contributed by atoms with Gasteiger partial charge in [0.05, 0.1) is 69.8 Å². The van der Waals surface area contributed by atoms with Gasteiger partial charge in [-0.05, 0) is 79.2 Å². The van der Waals surface area contributed by atoms with E-state index in [1.54, 1.807) is 48.2 Å². The molecule has 66 heavy (non-hydrogen) atoms. The predicted octanol–water partition coefficient (Wildman–Crippen LogP) is -6.04. The Labute approximate surface area is 473 Å². The third kappa shape index (κ3) is 15.5. The molecule has 1 saturated heterocycles. The summed E-state index contributed by atoms with van der Waals surface area (Å²) in [6.45, 7) is 3.70. The minimum Gasteiger partial charge on any atom is -0.744 e. The number of halogens is 1. The maximum Gasteiger partial charge on any atom is 1.00 e. The van der Waals surface area contributed by atoms with Crippen LogP contribution in [0.1, 0.15) is 13.0 Å². The van der Waals surface area contributed by atoms with Gasteiger partial charge in [-0.1, -0.05) is 13.5 Å². The largest absolute Gasteiger partial charge is 1.00 e. The molecule has 326 valence electrons. The summed E-state index contributed by atoms with van der Waals surface area (Å²) in [5.74, 6) is 0.178. The van der Waals surface area contributed by atoms with Crippen LogP contribution in [0.5, 0.6) is 0 Å². The minimum absolute atomic E-state index is 0. The van der Waals surface area contributed by atoms with Crippen LogP contribution in [-0.4, -0.2) is 67.2 Å². The first-order chi connectivity index (χ1) is 29.2. The maximum absolute atomic E-state index is 14.3. The molecule has 1 aromatic heterocycles. The first-order valence-electron chi connectivity index (χ1n) is 17.0. The van der Waals surface area contributed by atoms with Gasteiger partial charge in [0.25, 0.3) is 0 Å². The summed E-state index contributed by atoms with van der Waals surface area (Å²) in [6, 6.07) is 16.4. The number of ether oxygens (including phenoxy) is 1. The fraction of sp³-hybridized carbons (Fsp3) is 0.171. The van der Waals surface area contributed by atoms with Crippen LogP contribution < -0.4 is 139 Å². The van der Waals surface area contributed by atoms with E-state index < -0.39 is 46.9 Å². The van der Waals surface area contributed by atoms with Crippen molar-refractivity contribution in [3.05, 3.63) is 84.4 Å². The van der Waals surface area contributed by atoms with Crippen molar-refractivity contribution in [3.63, 3.8) is 0 Å². The molecule has 31 heteroatoms. The molecular formula is C35H28FN9Na4O13S4. The normalized spacial score (nSPS) is 12.8. The second-order valence-corrected chi connectivity index (χ2v) is 16.7. The Morgan fingerprint density at radius 3 is 1.88 bits per heavy atom. The molecule has 2 heterocycles. The molecule has 0 atom stereocenters. The van der Waals surface area contributed by atoms with Gasteiger partial charge in [0.2, 0.25) is 11.9 Å². The molecule has 5 aromatic carbocycles. The monoisotopic (exact) mass is 1020 g/mol. The number of hydrogen-bond donors (Lipinski definition) is 1. The average Bonchev–Trinajstić information content (AvgIpc) is 3.22. The zero-order valence-corrected chi connectivity index (χ0v) is 45.9. The summed E-state index contributed by atoms with van der Waals surface area (Å²) in [4.78, 5) is 11.9. The van der Waals surface area contributed by atoms with Gasteiger partial charge in [-0.15, -0.1) is 10.2 Å². The fourth-order valence-electron chi connectivity index (χ4n) is 6.00. The molecule has 7 rings (SSSR count). The van der Waals surface area contributed by atoms with E-state index in [0.29, 0.717) is 76.6 Å². The van der Waals surface area contributed by atoms with E-state index in [9.17, 15) is 40.8 Å². The average molecular weight is 1020 g/mol. The molecule has 22 nitrogen and oxygen atoms in total. The van der Waals surface area contributed by atoms with E-state index >= 15 is 0 Å². The van der Waals surface area contributed by atoms with Gasteiger partial charge in [-0.3, -0.25) is 10.1 Å². The number of fused-ring (bicyclic) bond motifs is 2. The first kappa shape index (κ1) is 60.7. The van der Waals surface area contributed by atoms with E-state index in [2.05, 4.69) is 59.5 Å². The van der Waals surface area contributed by atoms with Crippen LogP contribution in [0.2, 0.25) is 0 Å². The third-order valence-electron chi connectivity index (χ3n) is 8.63. The van der Waals surface area contributed by atoms with Crippen molar-refractivity contribution < 1.29 is 183 Å². The standard InChI is InChI=1S/C34H28FN9O13S4.CH4.4Na/c1-18-12-19(36-33-37-32(35)38-34(39-33)44-8-10-53-11-9-44)2-5-27(18)41-43-28-6-7-29(24-15-21(58-56-54-45)3-4-23(24)28)42-40-20-13-25-26(30(14-20)60(47,48)49)16-22(59-57-55-46)17-31(25)61(50,51)52;;;;;/h2-7,12-17,45-46H,8-11H2,1H3,(H,47,48,49)(H,50,51,52)(H,36,37,38,39);1H4;;;;/q;;4*+1/p-4. The molecule has 0 amide bonds. The molecule has 0 bridgehead atoms. The van der Waals surface area contributed by atoms with E-state index in [1.807, 2.05) is 0 Å². The Balaban J connectivity index is 0.00000299. The van der Waals surface area contributed by atoms with Crippen molar-refractivity contribution in [1.29, 1.82) is 0 Å². The van der Waals surface area contributed by atoms with Crippen molar-refractivity contribution in [2.24, 2.45) is 20.5 Å². The number of aryl methyl sites for hydroxylation is 1. The Kier molecular flexibility index (Phi) is 25.1. The van der Waals surface area contributed by atoms with E-state index in [1.165, 1.54) is 12.1 Å². The van der Waals surface area contributed by atoms with Crippen LogP contribution in [-0.2, 0) is 43.7 Å². The number of nitrogens with zero attached hydrogens (tertiary/aromatic N) is 8. The topological polar surface area (TPSA) is 310 Å². The van der Waals surface area contributed by atoms with Gasteiger partial charge in [-0.25, -0.2) is 16.8 Å². The molecule has 1 aliphatic heterocycles. The molecule has 0 spiro atoms. The molecule has 0 aliphatic carbocycles. The summed E-state index contributed by atoms with van der Waals surface area (Å²) in [5, 5.41) is 47.5. The van der Waals surface area contributed by atoms with Crippen LogP contribution in [0.4, 0.5) is 44.7 Å². The van der Waals surface area contributed by atoms with Crippen LogP contribution in [0.3, 0.4) is 0 Å². The van der Waals surface area contributed by atoms with Gasteiger partial charge in [-0.2, -0.15) is 38.2 Å². The molecule has 1 aliphatic rings. The van der Waals surface area contributed by atoms with Crippen molar-refractivity contribution in [1.82, 2.24) is 15.0 Å². The van der Waals surface area contributed by atoms with Crippen LogP contribution in [0.25, 0.3) is 21.5 Å². The summed E-state index contributed by atoms with van der Waals surface area (Å²) in [7, 11) is -10.7. The number of morpholine rings is 1. The van der Waals surface area contributed by atoms with Gasteiger partial charge < -0.3 is 34.6 Å². The van der Waals surface area contributed by atoms with E-state index in [0.717, 1.165) is 24.3 Å². The Morgan fingerprint density at radius 2 is 1.24 bits per heavy atom. The number of rotatable bonds is 15. The predicted molar refractivity (Wildman–Crippen MR) is 212 cm³/mol. The maximum atomic E-state index is 14.3. The van der Waals surface area contributed by atoms with Crippen LogP contribution >= 0.6 is 24.1 Å². The number of anilines is 3. The van der Waals surface area contributed by atoms with Gasteiger partial charge >= 0.3 is 124 Å². The van der Waals surface area contributed by atoms with E-state index in [-0.39, 0.29) is 166 Å². The molecule has 0 unspecified atom stereocenters. The summed E-state index contributed by atoms with van der Waals surface area (Å²) < 4.78 is 102. The third-order valence-corrected chi connectivity index (χ3v) is 11.5. The van der Waals surface area contributed by atoms with Crippen LogP contribution in [0, 0.1) is 13.0 Å².